The highest BCUT2D eigenvalue weighted by Crippen LogP contribution is 2.29. The molecule has 0 aliphatic heterocycles. The van der Waals surface area contributed by atoms with Gasteiger partial charge in [-0.3, -0.25) is 14.9 Å². The van der Waals surface area contributed by atoms with Gasteiger partial charge in [-0.2, -0.15) is 0 Å². The Morgan fingerprint density at radius 3 is 2.30 bits per heavy atom. The average Bonchev–Trinajstić information content (AvgIpc) is 3.25. The van der Waals surface area contributed by atoms with Gasteiger partial charge in [-0.15, -0.1) is 11.3 Å². The maximum atomic E-state index is 12.8. The second-order valence-electron chi connectivity index (χ2n) is 7.32. The molecule has 2 aromatic carbocycles. The van der Waals surface area contributed by atoms with Crippen LogP contribution in [0.4, 0.5) is 5.13 Å². The van der Waals surface area contributed by atoms with Crippen LogP contribution in [0.3, 0.4) is 0 Å². The molecule has 1 unspecified atom stereocenters. The first-order valence-corrected chi connectivity index (χ1v) is 12.5. The van der Waals surface area contributed by atoms with Gasteiger partial charge in [0.15, 0.2) is 21.1 Å². The molecule has 1 atom stereocenters. The standard InChI is InChI=1S/C22H23N3O6S2/c1-14(21(27)25(2)3)30-17-11-15(20(26)24-22-23-9-10-32-22)12-18(13-17)31-16-5-7-19(8-6-16)33(4,28)29/h5-14H,1-4H3,(H,23,24,26). The van der Waals surface area contributed by atoms with Crippen molar-refractivity contribution in [2.24, 2.45) is 0 Å². The molecule has 3 aromatic rings. The Kier molecular flexibility index (Phi) is 7.34. The predicted octanol–water partition coefficient (Wildman–Crippen LogP) is 3.45. The van der Waals surface area contributed by atoms with Crippen molar-refractivity contribution >= 4 is 38.1 Å². The number of ether oxygens (including phenoxy) is 2. The van der Waals surface area contributed by atoms with Gasteiger partial charge in [0.25, 0.3) is 11.8 Å². The third-order valence-corrected chi connectivity index (χ3v) is 6.20. The summed E-state index contributed by atoms with van der Waals surface area (Å²) in [6.45, 7) is 1.61. The topological polar surface area (TPSA) is 115 Å². The van der Waals surface area contributed by atoms with Crippen molar-refractivity contribution in [2.75, 3.05) is 25.7 Å². The number of nitrogens with one attached hydrogen (secondary N) is 1. The van der Waals surface area contributed by atoms with Crippen molar-refractivity contribution in [2.45, 2.75) is 17.9 Å². The van der Waals surface area contributed by atoms with E-state index in [-0.39, 0.29) is 27.9 Å². The zero-order valence-electron chi connectivity index (χ0n) is 18.4. The molecule has 0 saturated heterocycles. The molecule has 33 heavy (non-hydrogen) atoms. The minimum atomic E-state index is -3.34. The zero-order chi connectivity index (χ0) is 24.2. The molecular formula is C22H23N3O6S2. The zero-order valence-corrected chi connectivity index (χ0v) is 20.1. The second kappa shape index (κ2) is 10.0. The molecule has 1 aromatic heterocycles. The van der Waals surface area contributed by atoms with Gasteiger partial charge in [0.2, 0.25) is 0 Å². The summed E-state index contributed by atoms with van der Waals surface area (Å²) in [5.41, 5.74) is 0.231. The molecule has 0 radical (unpaired) electrons. The SMILES string of the molecule is CC(Oc1cc(Oc2ccc(S(C)(=O)=O)cc2)cc(C(=O)Nc2nccs2)c1)C(=O)N(C)C. The Hall–Kier alpha value is -3.44. The van der Waals surface area contributed by atoms with Gasteiger partial charge in [0.05, 0.1) is 4.90 Å². The number of hydrogen-bond donors (Lipinski definition) is 1. The Morgan fingerprint density at radius 1 is 1.06 bits per heavy atom. The van der Waals surface area contributed by atoms with Crippen molar-refractivity contribution in [1.82, 2.24) is 9.88 Å². The van der Waals surface area contributed by atoms with Crippen LogP contribution in [0.5, 0.6) is 17.2 Å². The van der Waals surface area contributed by atoms with Crippen LogP contribution in [0.25, 0.3) is 0 Å². The smallest absolute Gasteiger partial charge is 0.262 e. The van der Waals surface area contributed by atoms with Crippen LogP contribution in [0.2, 0.25) is 0 Å². The average molecular weight is 490 g/mol. The summed E-state index contributed by atoms with van der Waals surface area (Å²) in [6, 6.07) is 10.4. The highest BCUT2D eigenvalue weighted by atomic mass is 32.2. The Balaban J connectivity index is 1.90. The van der Waals surface area contributed by atoms with Gasteiger partial charge in [-0.1, -0.05) is 0 Å². The van der Waals surface area contributed by atoms with Crippen LogP contribution in [0.15, 0.2) is 58.9 Å². The van der Waals surface area contributed by atoms with E-state index in [2.05, 4.69) is 10.3 Å². The lowest BCUT2D eigenvalue weighted by Gasteiger charge is -2.19. The summed E-state index contributed by atoms with van der Waals surface area (Å²) in [7, 11) is -0.100. The van der Waals surface area contributed by atoms with E-state index >= 15 is 0 Å². The van der Waals surface area contributed by atoms with E-state index in [0.29, 0.717) is 10.9 Å². The number of likely N-dealkylation sites (N-methyl/N-ethyl adjacent to an activating group) is 1. The highest BCUT2D eigenvalue weighted by molar-refractivity contribution is 7.90. The van der Waals surface area contributed by atoms with Crippen molar-refractivity contribution < 1.29 is 27.5 Å². The fourth-order valence-corrected chi connectivity index (χ4v) is 3.95. The van der Waals surface area contributed by atoms with Gasteiger partial charge in [0, 0.05) is 43.6 Å². The van der Waals surface area contributed by atoms with Crippen LogP contribution in [0, 0.1) is 0 Å². The molecule has 174 valence electrons. The number of carbonyl (C=O) groups excluding carboxylic acids is 2. The third-order valence-electron chi connectivity index (χ3n) is 4.38. The van der Waals surface area contributed by atoms with E-state index in [4.69, 9.17) is 9.47 Å². The third kappa shape index (κ3) is 6.53. The molecule has 2 amide bonds. The minimum Gasteiger partial charge on any atom is -0.481 e. The molecule has 3 rings (SSSR count). The molecule has 0 bridgehead atoms. The second-order valence-corrected chi connectivity index (χ2v) is 10.2. The number of aromatic nitrogens is 1. The lowest BCUT2D eigenvalue weighted by Crippen LogP contribution is -2.35. The lowest BCUT2D eigenvalue weighted by atomic mass is 10.2. The van der Waals surface area contributed by atoms with Crippen molar-refractivity contribution in [3.05, 3.63) is 59.6 Å². The Labute approximate surface area is 195 Å². The van der Waals surface area contributed by atoms with Crippen LogP contribution in [-0.2, 0) is 14.6 Å². The summed E-state index contributed by atoms with van der Waals surface area (Å²) in [5, 5.41) is 4.86. The van der Waals surface area contributed by atoms with Crippen molar-refractivity contribution in [3.8, 4) is 17.2 Å². The largest absolute Gasteiger partial charge is 0.481 e. The number of anilines is 1. The molecule has 0 aliphatic carbocycles. The van der Waals surface area contributed by atoms with E-state index in [0.717, 1.165) is 6.26 Å². The minimum absolute atomic E-state index is 0.159. The monoisotopic (exact) mass is 489 g/mol. The maximum absolute atomic E-state index is 12.8. The van der Waals surface area contributed by atoms with Crippen molar-refractivity contribution in [1.29, 1.82) is 0 Å². The number of carbonyl (C=O) groups is 2. The molecule has 0 aliphatic rings. The molecule has 9 nitrogen and oxygen atoms in total. The van der Waals surface area contributed by atoms with E-state index in [1.165, 1.54) is 52.6 Å². The summed E-state index contributed by atoms with van der Waals surface area (Å²) >= 11 is 1.27. The number of benzene rings is 2. The number of amides is 2. The van der Waals surface area contributed by atoms with Crippen LogP contribution >= 0.6 is 11.3 Å². The first-order valence-electron chi connectivity index (χ1n) is 9.74. The predicted molar refractivity (Wildman–Crippen MR) is 125 cm³/mol. The van der Waals surface area contributed by atoms with Gasteiger partial charge >= 0.3 is 0 Å². The lowest BCUT2D eigenvalue weighted by molar-refractivity contribution is -0.135. The summed E-state index contributed by atoms with van der Waals surface area (Å²) < 4.78 is 34.9. The van der Waals surface area contributed by atoms with E-state index < -0.39 is 21.8 Å². The molecule has 11 heteroatoms. The first-order chi connectivity index (χ1) is 15.5. The molecule has 1 heterocycles. The molecule has 0 spiro atoms. The molecule has 1 N–H and O–H groups in total. The highest BCUT2D eigenvalue weighted by Gasteiger charge is 2.19. The number of sulfone groups is 1. The Morgan fingerprint density at radius 2 is 1.73 bits per heavy atom. The quantitative estimate of drug-likeness (QED) is 0.515. The first kappa shape index (κ1) is 24.2. The summed E-state index contributed by atoms with van der Waals surface area (Å²) in [4.78, 5) is 30.6. The number of thiazole rings is 1. The van der Waals surface area contributed by atoms with Gasteiger partial charge in [0.1, 0.15) is 17.2 Å². The number of hydrogen-bond acceptors (Lipinski definition) is 8. The Bertz CT molecular complexity index is 1240. The van der Waals surface area contributed by atoms with Crippen LogP contribution in [-0.4, -0.2) is 56.6 Å². The van der Waals surface area contributed by atoms with Crippen LogP contribution < -0.4 is 14.8 Å². The van der Waals surface area contributed by atoms with E-state index in [1.807, 2.05) is 0 Å². The molecule has 0 fully saturated rings. The molecular weight excluding hydrogens is 466 g/mol. The maximum Gasteiger partial charge on any atom is 0.262 e. The normalized spacial score (nSPS) is 12.0. The molecule has 0 saturated carbocycles. The fraction of sp³-hybridized carbons (Fsp3) is 0.227. The van der Waals surface area contributed by atoms with Crippen LogP contribution in [0.1, 0.15) is 17.3 Å². The van der Waals surface area contributed by atoms with E-state index in [1.54, 1.807) is 38.7 Å². The number of rotatable bonds is 8. The van der Waals surface area contributed by atoms with Crippen molar-refractivity contribution in [3.63, 3.8) is 0 Å². The summed E-state index contributed by atoms with van der Waals surface area (Å²) in [5.74, 6) is 0.217. The number of nitrogens with zero attached hydrogens (tertiary/aromatic N) is 2. The van der Waals surface area contributed by atoms with Gasteiger partial charge < -0.3 is 14.4 Å². The van der Waals surface area contributed by atoms with E-state index in [9.17, 15) is 18.0 Å². The summed E-state index contributed by atoms with van der Waals surface area (Å²) in [6.07, 6.45) is 1.90. The van der Waals surface area contributed by atoms with Gasteiger partial charge in [-0.25, -0.2) is 13.4 Å². The fourth-order valence-electron chi connectivity index (χ4n) is 2.79. The van der Waals surface area contributed by atoms with Gasteiger partial charge in [-0.05, 0) is 43.3 Å².